The third kappa shape index (κ3) is 3.14. The van der Waals surface area contributed by atoms with Crippen molar-refractivity contribution < 1.29 is 9.59 Å². The Kier molecular flexibility index (Phi) is 4.44. The van der Waals surface area contributed by atoms with E-state index in [-0.39, 0.29) is 18.0 Å². The van der Waals surface area contributed by atoms with Crippen molar-refractivity contribution in [2.45, 2.75) is 31.7 Å². The van der Waals surface area contributed by atoms with Gasteiger partial charge in [-0.2, -0.15) is 11.3 Å². The molecule has 2 aromatic rings. The molecule has 0 aliphatic carbocycles. The van der Waals surface area contributed by atoms with Gasteiger partial charge in [0.2, 0.25) is 5.91 Å². The Balaban J connectivity index is 1.54. The van der Waals surface area contributed by atoms with Crippen LogP contribution in [0.4, 0.5) is 16.2 Å². The zero-order valence-electron chi connectivity index (χ0n) is 14.0. The number of hydrogen-bond acceptors (Lipinski definition) is 3. The van der Waals surface area contributed by atoms with E-state index in [1.165, 1.54) is 5.56 Å². The molecule has 3 amide bonds. The first-order valence-corrected chi connectivity index (χ1v) is 9.67. The van der Waals surface area contributed by atoms with Crippen molar-refractivity contribution >= 4 is 34.6 Å². The molecule has 0 saturated carbocycles. The van der Waals surface area contributed by atoms with Gasteiger partial charge in [-0.05, 0) is 53.8 Å². The zero-order valence-corrected chi connectivity index (χ0v) is 14.8. The van der Waals surface area contributed by atoms with Crippen molar-refractivity contribution in [3.63, 3.8) is 0 Å². The molecule has 1 aromatic heterocycles. The first-order chi connectivity index (χ1) is 12.2. The number of rotatable bonds is 3. The van der Waals surface area contributed by atoms with Crippen LogP contribution in [-0.4, -0.2) is 29.9 Å². The summed E-state index contributed by atoms with van der Waals surface area (Å²) in [7, 11) is 0. The molecular weight excluding hydrogens is 334 g/mol. The number of benzene rings is 1. The Morgan fingerprint density at radius 2 is 2.04 bits per heavy atom. The van der Waals surface area contributed by atoms with Gasteiger partial charge in [-0.15, -0.1) is 0 Å². The molecule has 0 radical (unpaired) electrons. The number of anilines is 2. The van der Waals surface area contributed by atoms with E-state index in [0.29, 0.717) is 18.7 Å². The van der Waals surface area contributed by atoms with Gasteiger partial charge < -0.3 is 15.1 Å². The number of urea groups is 1. The minimum atomic E-state index is -0.0900. The lowest BCUT2D eigenvalue weighted by Crippen LogP contribution is -2.35. The number of para-hydroxylation sites is 2. The maximum Gasteiger partial charge on any atom is 0.322 e. The SMILES string of the molecule is O=C1CCCN1c1ccccc1NC(=O)N1CCCC1c1ccsc1. The minimum absolute atomic E-state index is 0.0900. The van der Waals surface area contributed by atoms with Gasteiger partial charge in [-0.3, -0.25) is 4.79 Å². The van der Waals surface area contributed by atoms with Crippen LogP contribution in [0.3, 0.4) is 0 Å². The summed E-state index contributed by atoms with van der Waals surface area (Å²) in [4.78, 5) is 28.6. The number of carbonyl (C=O) groups is 2. The van der Waals surface area contributed by atoms with Gasteiger partial charge in [-0.25, -0.2) is 4.79 Å². The maximum atomic E-state index is 12.9. The topological polar surface area (TPSA) is 52.7 Å². The van der Waals surface area contributed by atoms with Crippen LogP contribution >= 0.6 is 11.3 Å². The van der Waals surface area contributed by atoms with Crippen LogP contribution < -0.4 is 10.2 Å². The average molecular weight is 355 g/mol. The van der Waals surface area contributed by atoms with E-state index >= 15 is 0 Å². The Hall–Kier alpha value is -2.34. The molecule has 2 fully saturated rings. The van der Waals surface area contributed by atoms with Crippen molar-refractivity contribution in [3.05, 3.63) is 46.7 Å². The van der Waals surface area contributed by atoms with Crippen molar-refractivity contribution in [2.75, 3.05) is 23.3 Å². The summed E-state index contributed by atoms with van der Waals surface area (Å²) < 4.78 is 0. The minimum Gasteiger partial charge on any atom is -0.317 e. The van der Waals surface area contributed by atoms with Crippen molar-refractivity contribution in [2.24, 2.45) is 0 Å². The van der Waals surface area contributed by atoms with E-state index in [0.717, 1.165) is 31.5 Å². The van der Waals surface area contributed by atoms with Crippen LogP contribution in [0.1, 0.15) is 37.3 Å². The summed E-state index contributed by atoms with van der Waals surface area (Å²) >= 11 is 1.66. The maximum absolute atomic E-state index is 12.9. The predicted molar refractivity (Wildman–Crippen MR) is 100 cm³/mol. The lowest BCUT2D eigenvalue weighted by molar-refractivity contribution is -0.117. The molecule has 2 saturated heterocycles. The lowest BCUT2D eigenvalue weighted by atomic mass is 10.1. The molecule has 2 aliphatic rings. The number of nitrogens with one attached hydrogen (secondary N) is 1. The van der Waals surface area contributed by atoms with Crippen LogP contribution in [0.25, 0.3) is 0 Å². The summed E-state index contributed by atoms with van der Waals surface area (Å²) in [6.07, 6.45) is 3.46. The Labute approximate surface area is 151 Å². The first kappa shape index (κ1) is 16.1. The van der Waals surface area contributed by atoms with Crippen LogP contribution in [0, 0.1) is 0 Å². The molecule has 25 heavy (non-hydrogen) atoms. The summed E-state index contributed by atoms with van der Waals surface area (Å²) in [5.41, 5.74) is 2.71. The van der Waals surface area contributed by atoms with Gasteiger partial charge in [0, 0.05) is 19.5 Å². The van der Waals surface area contributed by atoms with Crippen LogP contribution in [0.2, 0.25) is 0 Å². The van der Waals surface area contributed by atoms with E-state index in [2.05, 4.69) is 22.1 Å². The van der Waals surface area contributed by atoms with Gasteiger partial charge in [0.15, 0.2) is 0 Å². The second-order valence-electron chi connectivity index (χ2n) is 6.50. The molecule has 0 bridgehead atoms. The molecule has 1 aromatic carbocycles. The van der Waals surface area contributed by atoms with Crippen LogP contribution in [0.15, 0.2) is 41.1 Å². The van der Waals surface area contributed by atoms with Crippen molar-refractivity contribution in [1.82, 2.24) is 4.90 Å². The standard InChI is InChI=1S/C19H21N3O2S/c23-18-8-4-10-21(18)17-6-2-1-5-15(17)20-19(24)22-11-3-7-16(22)14-9-12-25-13-14/h1-2,5-6,9,12-13,16H,3-4,7-8,10-11H2,(H,20,24). The first-order valence-electron chi connectivity index (χ1n) is 8.73. The van der Waals surface area contributed by atoms with Crippen molar-refractivity contribution in [1.29, 1.82) is 0 Å². The molecule has 6 heteroatoms. The highest BCUT2D eigenvalue weighted by Gasteiger charge is 2.31. The Morgan fingerprint density at radius 1 is 1.16 bits per heavy atom. The zero-order chi connectivity index (χ0) is 17.2. The van der Waals surface area contributed by atoms with Gasteiger partial charge in [-0.1, -0.05) is 12.1 Å². The van der Waals surface area contributed by atoms with Gasteiger partial charge >= 0.3 is 6.03 Å². The highest BCUT2D eigenvalue weighted by atomic mass is 32.1. The monoisotopic (exact) mass is 355 g/mol. The molecule has 1 atom stereocenters. The summed E-state index contributed by atoms with van der Waals surface area (Å²) in [5.74, 6) is 0.124. The fourth-order valence-electron chi connectivity index (χ4n) is 3.73. The molecule has 5 nitrogen and oxygen atoms in total. The molecule has 130 valence electrons. The van der Waals surface area contributed by atoms with Crippen LogP contribution in [-0.2, 0) is 4.79 Å². The largest absolute Gasteiger partial charge is 0.322 e. The van der Waals surface area contributed by atoms with Gasteiger partial charge in [0.1, 0.15) is 0 Å². The number of amides is 3. The number of likely N-dealkylation sites (tertiary alicyclic amines) is 1. The van der Waals surface area contributed by atoms with Gasteiger partial charge in [0.25, 0.3) is 0 Å². The highest BCUT2D eigenvalue weighted by molar-refractivity contribution is 7.08. The van der Waals surface area contributed by atoms with Crippen molar-refractivity contribution in [3.8, 4) is 0 Å². The number of hydrogen-bond donors (Lipinski definition) is 1. The average Bonchev–Trinajstić information content (AvgIpc) is 3.36. The molecule has 3 heterocycles. The molecular formula is C19H21N3O2S. The fraction of sp³-hybridized carbons (Fsp3) is 0.368. The molecule has 2 aliphatic heterocycles. The van der Waals surface area contributed by atoms with E-state index in [4.69, 9.17) is 0 Å². The number of thiophene rings is 1. The molecule has 4 rings (SSSR count). The van der Waals surface area contributed by atoms with Gasteiger partial charge in [0.05, 0.1) is 17.4 Å². The molecule has 1 N–H and O–H groups in total. The predicted octanol–water partition coefficient (Wildman–Crippen LogP) is 4.24. The summed E-state index contributed by atoms with van der Waals surface area (Å²) in [6, 6.07) is 9.71. The fourth-order valence-corrected chi connectivity index (χ4v) is 4.43. The summed E-state index contributed by atoms with van der Waals surface area (Å²) in [6.45, 7) is 1.48. The second-order valence-corrected chi connectivity index (χ2v) is 7.28. The smallest absolute Gasteiger partial charge is 0.317 e. The highest BCUT2D eigenvalue weighted by Crippen LogP contribution is 2.35. The normalized spacial score (nSPS) is 20.3. The third-order valence-corrected chi connectivity index (χ3v) is 5.65. The van der Waals surface area contributed by atoms with E-state index in [1.807, 2.05) is 29.2 Å². The Bertz CT molecular complexity index is 775. The van der Waals surface area contributed by atoms with E-state index in [1.54, 1.807) is 16.2 Å². The second kappa shape index (κ2) is 6.88. The van der Waals surface area contributed by atoms with E-state index in [9.17, 15) is 9.59 Å². The van der Waals surface area contributed by atoms with E-state index < -0.39 is 0 Å². The summed E-state index contributed by atoms with van der Waals surface area (Å²) in [5, 5.41) is 7.21. The molecule has 1 unspecified atom stereocenters. The van der Waals surface area contributed by atoms with Crippen LogP contribution in [0.5, 0.6) is 0 Å². The quantitative estimate of drug-likeness (QED) is 0.895. The third-order valence-electron chi connectivity index (χ3n) is 4.95. The molecule has 0 spiro atoms. The Morgan fingerprint density at radius 3 is 2.80 bits per heavy atom. The number of nitrogens with zero attached hydrogens (tertiary/aromatic N) is 2. The lowest BCUT2D eigenvalue weighted by Gasteiger charge is -2.26. The number of carbonyl (C=O) groups excluding carboxylic acids is 2.